The van der Waals surface area contributed by atoms with Gasteiger partial charge in [0.2, 0.25) is 0 Å². The van der Waals surface area contributed by atoms with Crippen molar-refractivity contribution in [2.75, 3.05) is 6.61 Å². The summed E-state index contributed by atoms with van der Waals surface area (Å²) in [5.41, 5.74) is 7.98. The normalized spacial score (nSPS) is 15.7. The minimum absolute atomic E-state index is 0.0818. The summed E-state index contributed by atoms with van der Waals surface area (Å²) in [6.45, 7) is 2.34. The van der Waals surface area contributed by atoms with Crippen molar-refractivity contribution in [2.24, 2.45) is 0 Å². The molecular formula is C28H26N4O. The highest BCUT2D eigenvalue weighted by Crippen LogP contribution is 2.29. The van der Waals surface area contributed by atoms with E-state index < -0.39 is 0 Å². The van der Waals surface area contributed by atoms with Crippen LogP contribution >= 0.6 is 0 Å². The van der Waals surface area contributed by atoms with Crippen LogP contribution in [0.1, 0.15) is 27.9 Å². The van der Waals surface area contributed by atoms with Crippen molar-refractivity contribution in [1.29, 1.82) is 5.26 Å². The predicted octanol–water partition coefficient (Wildman–Crippen LogP) is 4.39. The molecule has 3 aromatic carbocycles. The van der Waals surface area contributed by atoms with Crippen molar-refractivity contribution in [3.63, 3.8) is 0 Å². The van der Waals surface area contributed by atoms with Gasteiger partial charge in [-0.3, -0.25) is 4.90 Å². The summed E-state index contributed by atoms with van der Waals surface area (Å²) in [6.07, 6.45) is 4.60. The van der Waals surface area contributed by atoms with Crippen LogP contribution in [-0.4, -0.2) is 32.2 Å². The average Bonchev–Trinajstić information content (AvgIpc) is 3.30. The van der Waals surface area contributed by atoms with Crippen LogP contribution in [-0.2, 0) is 26.1 Å². The number of aromatic nitrogens is 2. The second kappa shape index (κ2) is 9.41. The molecule has 1 atom stereocenters. The lowest BCUT2D eigenvalue weighted by Crippen LogP contribution is -2.42. The molecule has 0 saturated heterocycles. The van der Waals surface area contributed by atoms with Gasteiger partial charge in [0.15, 0.2) is 0 Å². The fourth-order valence-corrected chi connectivity index (χ4v) is 4.59. The molecule has 1 aliphatic rings. The van der Waals surface area contributed by atoms with Crippen molar-refractivity contribution >= 4 is 0 Å². The monoisotopic (exact) mass is 434 g/mol. The lowest BCUT2D eigenvalue weighted by atomic mass is 9.91. The topological polar surface area (TPSA) is 65.1 Å². The number of fused-ring (bicyclic) bond motifs is 1. The van der Waals surface area contributed by atoms with Gasteiger partial charge in [-0.2, -0.15) is 5.26 Å². The Labute approximate surface area is 194 Å². The van der Waals surface area contributed by atoms with E-state index in [1.165, 1.54) is 22.3 Å². The Kier molecular flexibility index (Phi) is 6.03. The van der Waals surface area contributed by atoms with E-state index >= 15 is 0 Å². The highest BCUT2D eigenvalue weighted by molar-refractivity contribution is 5.65. The molecule has 4 aromatic rings. The first-order valence-electron chi connectivity index (χ1n) is 11.2. The van der Waals surface area contributed by atoms with Gasteiger partial charge in [-0.15, -0.1) is 0 Å². The molecule has 1 aliphatic heterocycles. The maximum absolute atomic E-state index is 10.1. The Morgan fingerprint density at radius 1 is 0.939 bits per heavy atom. The Balaban J connectivity index is 1.36. The molecule has 1 N–H and O–H groups in total. The van der Waals surface area contributed by atoms with Crippen LogP contribution in [0, 0.1) is 11.3 Å². The molecule has 1 aromatic heterocycles. The minimum atomic E-state index is 0.0818. The van der Waals surface area contributed by atoms with Crippen LogP contribution in [0.2, 0.25) is 0 Å². The third-order valence-electron chi connectivity index (χ3n) is 6.47. The summed E-state index contributed by atoms with van der Waals surface area (Å²) in [7, 11) is 0. The molecule has 0 bridgehead atoms. The van der Waals surface area contributed by atoms with E-state index in [-0.39, 0.29) is 12.6 Å². The summed E-state index contributed by atoms with van der Waals surface area (Å²) < 4.78 is 2.14. The molecule has 0 amide bonds. The largest absolute Gasteiger partial charge is 0.395 e. The number of hydrogen-bond acceptors (Lipinski definition) is 4. The molecule has 1 unspecified atom stereocenters. The van der Waals surface area contributed by atoms with Crippen molar-refractivity contribution in [1.82, 2.24) is 14.5 Å². The Morgan fingerprint density at radius 2 is 1.76 bits per heavy atom. The number of aliphatic hydroxyl groups excluding tert-OH is 1. The number of aliphatic hydroxyl groups is 1. The van der Waals surface area contributed by atoms with E-state index in [4.69, 9.17) is 5.26 Å². The van der Waals surface area contributed by atoms with Gasteiger partial charge in [-0.1, -0.05) is 54.6 Å². The van der Waals surface area contributed by atoms with Crippen molar-refractivity contribution in [3.8, 4) is 17.2 Å². The average molecular weight is 435 g/mol. The van der Waals surface area contributed by atoms with Crippen LogP contribution < -0.4 is 0 Å². The van der Waals surface area contributed by atoms with Gasteiger partial charge in [0.25, 0.3) is 0 Å². The van der Waals surface area contributed by atoms with Gasteiger partial charge in [-0.25, -0.2) is 4.98 Å². The quantitative estimate of drug-likeness (QED) is 0.489. The van der Waals surface area contributed by atoms with E-state index in [2.05, 4.69) is 63.0 Å². The van der Waals surface area contributed by atoms with Gasteiger partial charge in [0.1, 0.15) is 0 Å². The van der Waals surface area contributed by atoms with Crippen LogP contribution in [0.3, 0.4) is 0 Å². The van der Waals surface area contributed by atoms with Gasteiger partial charge in [0, 0.05) is 31.9 Å². The maximum atomic E-state index is 10.1. The molecule has 0 radical (unpaired) electrons. The minimum Gasteiger partial charge on any atom is -0.395 e. The van der Waals surface area contributed by atoms with Crippen molar-refractivity contribution in [2.45, 2.75) is 32.1 Å². The number of rotatable bonds is 6. The standard InChI is InChI=1S/C28H26N4O/c29-14-21-6-8-22(9-7-21)16-32-20-30-15-28(32)18-31-17-26-12-24(23-4-2-1-3-5-23)10-11-25(26)13-27(31)19-33/h1-12,15,20,27,33H,13,16-19H2. The number of hydrogen-bond donors (Lipinski definition) is 1. The number of nitrogens with zero attached hydrogens (tertiary/aromatic N) is 4. The molecule has 0 fully saturated rings. The molecule has 0 spiro atoms. The molecule has 0 saturated carbocycles. The highest BCUT2D eigenvalue weighted by atomic mass is 16.3. The molecular weight excluding hydrogens is 408 g/mol. The number of benzene rings is 3. The maximum Gasteiger partial charge on any atom is 0.0991 e. The summed E-state index contributed by atoms with van der Waals surface area (Å²) in [6, 6.07) is 27.1. The molecule has 164 valence electrons. The number of imidazole rings is 1. The Bertz CT molecular complexity index is 1270. The second-order valence-corrected chi connectivity index (χ2v) is 8.62. The first-order valence-corrected chi connectivity index (χ1v) is 11.2. The van der Waals surface area contributed by atoms with Gasteiger partial charge in [0.05, 0.1) is 30.3 Å². The lowest BCUT2D eigenvalue weighted by Gasteiger charge is -2.36. The summed E-state index contributed by atoms with van der Waals surface area (Å²) >= 11 is 0. The van der Waals surface area contributed by atoms with E-state index in [0.29, 0.717) is 12.1 Å². The predicted molar refractivity (Wildman–Crippen MR) is 128 cm³/mol. The Hall–Kier alpha value is -3.72. The van der Waals surface area contributed by atoms with Crippen molar-refractivity contribution in [3.05, 3.63) is 113 Å². The van der Waals surface area contributed by atoms with Crippen LogP contribution in [0.4, 0.5) is 0 Å². The zero-order valence-corrected chi connectivity index (χ0v) is 18.4. The van der Waals surface area contributed by atoms with E-state index in [1.54, 1.807) is 0 Å². The van der Waals surface area contributed by atoms with Gasteiger partial charge in [-0.05, 0) is 52.4 Å². The first kappa shape index (κ1) is 21.1. The summed E-state index contributed by atoms with van der Waals surface area (Å²) in [4.78, 5) is 6.74. The zero-order valence-electron chi connectivity index (χ0n) is 18.4. The van der Waals surface area contributed by atoms with Crippen molar-refractivity contribution < 1.29 is 5.11 Å². The molecule has 2 heterocycles. The molecule has 0 aliphatic carbocycles. The third kappa shape index (κ3) is 4.58. The van der Waals surface area contributed by atoms with Crippen LogP contribution in [0.5, 0.6) is 0 Å². The smallest absolute Gasteiger partial charge is 0.0991 e. The first-order chi connectivity index (χ1) is 16.2. The zero-order chi connectivity index (χ0) is 22.6. The molecule has 5 rings (SSSR count). The molecule has 5 nitrogen and oxygen atoms in total. The summed E-state index contributed by atoms with van der Waals surface area (Å²) in [5, 5.41) is 19.1. The second-order valence-electron chi connectivity index (χ2n) is 8.62. The van der Waals surface area contributed by atoms with Crippen LogP contribution in [0.15, 0.2) is 85.3 Å². The van der Waals surface area contributed by atoms with E-state index in [1.807, 2.05) is 42.9 Å². The lowest BCUT2D eigenvalue weighted by molar-refractivity contribution is 0.0975. The van der Waals surface area contributed by atoms with Gasteiger partial charge >= 0.3 is 0 Å². The van der Waals surface area contributed by atoms with Crippen LogP contribution in [0.25, 0.3) is 11.1 Å². The third-order valence-corrected chi connectivity index (χ3v) is 6.47. The SMILES string of the molecule is N#Cc1ccc(Cn2cncc2CN2Cc3cc(-c4ccccc4)ccc3CC2CO)cc1. The number of nitriles is 1. The van der Waals surface area contributed by atoms with E-state index in [0.717, 1.165) is 30.8 Å². The van der Waals surface area contributed by atoms with Gasteiger partial charge < -0.3 is 9.67 Å². The van der Waals surface area contributed by atoms with E-state index in [9.17, 15) is 5.11 Å². The fraction of sp³-hybridized carbons (Fsp3) is 0.214. The Morgan fingerprint density at radius 3 is 2.52 bits per heavy atom. The highest BCUT2D eigenvalue weighted by Gasteiger charge is 2.26. The fourth-order valence-electron chi connectivity index (χ4n) is 4.59. The molecule has 33 heavy (non-hydrogen) atoms. The molecule has 5 heteroatoms. The summed E-state index contributed by atoms with van der Waals surface area (Å²) in [5.74, 6) is 0.